The Balaban J connectivity index is 2.35. The molecule has 0 aromatic heterocycles. The first-order valence-electron chi connectivity index (χ1n) is 6.38. The molecule has 0 atom stereocenters. The van der Waals surface area contributed by atoms with Gasteiger partial charge in [-0.15, -0.1) is 0 Å². The topological polar surface area (TPSA) is 49.4 Å². The third kappa shape index (κ3) is 2.77. The molecular weight excluding hydrogens is 272 g/mol. The highest BCUT2D eigenvalue weighted by Crippen LogP contribution is 2.19. The minimum atomic E-state index is -0.349. The van der Waals surface area contributed by atoms with Gasteiger partial charge in [0.05, 0.1) is 0 Å². The molecule has 0 saturated carbocycles. The zero-order valence-corrected chi connectivity index (χ0v) is 12.5. The fourth-order valence-electron chi connectivity index (χ4n) is 2.01. The average Bonchev–Trinajstić information content (AvgIpc) is 2.64. The molecule has 4 nitrogen and oxygen atoms in total. The van der Waals surface area contributed by atoms with Crippen LogP contribution in [0.5, 0.6) is 0 Å². The summed E-state index contributed by atoms with van der Waals surface area (Å²) in [5.74, 6) is -0.177. The van der Waals surface area contributed by atoms with Gasteiger partial charge in [0.25, 0.3) is 5.91 Å². The molecule has 1 fully saturated rings. The number of amides is 2. The van der Waals surface area contributed by atoms with Gasteiger partial charge in [0.1, 0.15) is 5.70 Å². The first-order valence-corrected chi connectivity index (χ1v) is 6.78. The second-order valence-electron chi connectivity index (χ2n) is 4.96. The molecule has 1 N–H and O–H groups in total. The van der Waals surface area contributed by atoms with Crippen molar-refractivity contribution < 1.29 is 9.59 Å². The van der Waals surface area contributed by atoms with Crippen molar-refractivity contribution in [1.82, 2.24) is 10.2 Å². The van der Waals surface area contributed by atoms with E-state index in [0.29, 0.717) is 5.92 Å². The highest BCUT2D eigenvalue weighted by Gasteiger charge is 2.32. The lowest BCUT2D eigenvalue weighted by molar-refractivity contribution is -0.125. The van der Waals surface area contributed by atoms with E-state index in [1.807, 2.05) is 24.3 Å². The molecule has 5 heteroatoms. The molecule has 0 radical (unpaired) electrons. The van der Waals surface area contributed by atoms with Gasteiger partial charge in [0, 0.05) is 6.92 Å². The van der Waals surface area contributed by atoms with Gasteiger partial charge < -0.3 is 0 Å². The molecule has 1 aliphatic rings. The minimum Gasteiger partial charge on any atom is -0.297 e. The van der Waals surface area contributed by atoms with Crippen LogP contribution in [0.25, 0.3) is 6.08 Å². The lowest BCUT2D eigenvalue weighted by atomic mass is 10.0. The van der Waals surface area contributed by atoms with E-state index in [-0.39, 0.29) is 22.6 Å². The highest BCUT2D eigenvalue weighted by atomic mass is 32.1. The molecule has 0 unspecified atom stereocenters. The van der Waals surface area contributed by atoms with Crippen molar-refractivity contribution in [2.75, 3.05) is 0 Å². The third-order valence-electron chi connectivity index (χ3n) is 3.12. The number of rotatable bonds is 2. The van der Waals surface area contributed by atoms with Gasteiger partial charge in [0.15, 0.2) is 5.11 Å². The van der Waals surface area contributed by atoms with Gasteiger partial charge >= 0.3 is 0 Å². The Labute approximate surface area is 123 Å². The Bertz CT molecular complexity index is 603. The summed E-state index contributed by atoms with van der Waals surface area (Å²) in [6.07, 6.45) is 1.67. The number of hydrogen-bond donors (Lipinski definition) is 1. The molecule has 2 amide bonds. The maximum atomic E-state index is 11.8. The van der Waals surface area contributed by atoms with Crippen molar-refractivity contribution in [3.8, 4) is 0 Å². The third-order valence-corrected chi connectivity index (χ3v) is 3.40. The smallest absolute Gasteiger partial charge is 0.274 e. The molecule has 0 aliphatic carbocycles. The summed E-state index contributed by atoms with van der Waals surface area (Å²) >= 11 is 4.97. The van der Waals surface area contributed by atoms with Crippen LogP contribution in [0.4, 0.5) is 0 Å². The van der Waals surface area contributed by atoms with E-state index in [1.165, 1.54) is 17.4 Å². The molecular formula is C15H16N2O2S. The summed E-state index contributed by atoms with van der Waals surface area (Å²) in [7, 11) is 0. The van der Waals surface area contributed by atoms with Crippen molar-refractivity contribution in [2.24, 2.45) is 0 Å². The van der Waals surface area contributed by atoms with Gasteiger partial charge in [-0.25, -0.2) is 0 Å². The number of thiocarbonyl (C=S) groups is 1. The van der Waals surface area contributed by atoms with E-state index in [1.54, 1.807) is 6.08 Å². The van der Waals surface area contributed by atoms with Crippen LogP contribution in [0, 0.1) is 0 Å². The first-order chi connectivity index (χ1) is 9.40. The standard InChI is InChI=1S/C15H16N2O2S/c1-9(2)12-6-4-11(5-7-12)8-13-14(19)16-15(20)17(13)10(3)18/h4-9H,1-3H3,(H,16,19,20)/b13-8-. The number of nitrogens with one attached hydrogen (secondary N) is 1. The number of benzene rings is 1. The zero-order valence-electron chi connectivity index (χ0n) is 11.6. The molecule has 1 aromatic carbocycles. The minimum absolute atomic E-state index is 0.132. The highest BCUT2D eigenvalue weighted by molar-refractivity contribution is 7.80. The quantitative estimate of drug-likeness (QED) is 0.671. The molecule has 20 heavy (non-hydrogen) atoms. The molecule has 0 bridgehead atoms. The summed E-state index contributed by atoms with van der Waals surface area (Å²) < 4.78 is 0. The van der Waals surface area contributed by atoms with E-state index < -0.39 is 0 Å². The fraction of sp³-hybridized carbons (Fsp3) is 0.267. The Kier molecular flexibility index (Phi) is 3.99. The number of carbonyl (C=O) groups is 2. The van der Waals surface area contributed by atoms with Crippen molar-refractivity contribution in [3.05, 3.63) is 41.1 Å². The number of carbonyl (C=O) groups excluding carboxylic acids is 2. The largest absolute Gasteiger partial charge is 0.297 e. The second-order valence-corrected chi connectivity index (χ2v) is 5.35. The second kappa shape index (κ2) is 5.54. The fourth-order valence-corrected chi connectivity index (χ4v) is 2.33. The SMILES string of the molecule is CC(=O)N1C(=S)NC(=O)/C1=C/c1ccc(C(C)C)cc1. The van der Waals surface area contributed by atoms with Crippen molar-refractivity contribution in [2.45, 2.75) is 26.7 Å². The number of nitrogens with zero attached hydrogens (tertiary/aromatic N) is 1. The van der Waals surface area contributed by atoms with Gasteiger partial charge in [-0.05, 0) is 35.3 Å². The van der Waals surface area contributed by atoms with Gasteiger partial charge in [0.2, 0.25) is 5.91 Å². The van der Waals surface area contributed by atoms with E-state index in [2.05, 4.69) is 19.2 Å². The maximum absolute atomic E-state index is 11.8. The van der Waals surface area contributed by atoms with Crippen LogP contribution in [0.2, 0.25) is 0 Å². The molecule has 1 saturated heterocycles. The molecule has 2 rings (SSSR count). The van der Waals surface area contributed by atoms with Gasteiger partial charge in [-0.3, -0.25) is 19.8 Å². The van der Waals surface area contributed by atoms with Crippen molar-refractivity contribution in [1.29, 1.82) is 0 Å². The monoisotopic (exact) mass is 288 g/mol. The molecule has 1 aliphatic heterocycles. The van der Waals surface area contributed by atoms with Gasteiger partial charge in [-0.1, -0.05) is 38.1 Å². The predicted molar refractivity (Wildman–Crippen MR) is 81.8 cm³/mol. The van der Waals surface area contributed by atoms with Crippen LogP contribution in [-0.4, -0.2) is 21.8 Å². The van der Waals surface area contributed by atoms with Crippen LogP contribution in [0.1, 0.15) is 37.8 Å². The molecule has 0 spiro atoms. The van der Waals surface area contributed by atoms with Crippen molar-refractivity contribution in [3.63, 3.8) is 0 Å². The Morgan fingerprint density at radius 2 is 1.90 bits per heavy atom. The number of hydrogen-bond acceptors (Lipinski definition) is 3. The Morgan fingerprint density at radius 1 is 1.30 bits per heavy atom. The zero-order chi connectivity index (χ0) is 14.9. The Morgan fingerprint density at radius 3 is 2.40 bits per heavy atom. The van der Waals surface area contributed by atoms with Crippen LogP contribution in [0.15, 0.2) is 30.0 Å². The van der Waals surface area contributed by atoms with E-state index >= 15 is 0 Å². The Hall–Kier alpha value is -2.01. The molecule has 104 valence electrons. The normalized spacial score (nSPS) is 17.0. The summed E-state index contributed by atoms with van der Waals surface area (Å²) in [6, 6.07) is 7.88. The van der Waals surface area contributed by atoms with E-state index in [9.17, 15) is 9.59 Å². The summed E-state index contributed by atoms with van der Waals surface area (Å²) in [6.45, 7) is 5.61. The lowest BCUT2D eigenvalue weighted by Gasteiger charge is -2.12. The van der Waals surface area contributed by atoms with Crippen LogP contribution in [-0.2, 0) is 9.59 Å². The predicted octanol–water partition coefficient (Wildman–Crippen LogP) is 2.41. The summed E-state index contributed by atoms with van der Waals surface area (Å²) in [5, 5.41) is 2.61. The summed E-state index contributed by atoms with van der Waals surface area (Å²) in [4.78, 5) is 24.6. The molecule has 1 aromatic rings. The maximum Gasteiger partial charge on any atom is 0.274 e. The van der Waals surface area contributed by atoms with Crippen LogP contribution >= 0.6 is 12.2 Å². The van der Waals surface area contributed by atoms with E-state index in [4.69, 9.17) is 12.2 Å². The first kappa shape index (κ1) is 14.4. The van der Waals surface area contributed by atoms with Crippen LogP contribution in [0.3, 0.4) is 0 Å². The summed E-state index contributed by atoms with van der Waals surface area (Å²) in [5.41, 5.74) is 2.34. The van der Waals surface area contributed by atoms with Crippen molar-refractivity contribution >= 4 is 35.2 Å². The lowest BCUT2D eigenvalue weighted by Crippen LogP contribution is -2.31. The van der Waals surface area contributed by atoms with E-state index in [0.717, 1.165) is 5.56 Å². The molecule has 1 heterocycles. The average molecular weight is 288 g/mol. The van der Waals surface area contributed by atoms with Gasteiger partial charge in [-0.2, -0.15) is 0 Å². The van der Waals surface area contributed by atoms with Crippen LogP contribution < -0.4 is 5.32 Å².